The van der Waals surface area contributed by atoms with Gasteiger partial charge in [-0.3, -0.25) is 9.59 Å². The molecule has 0 aliphatic rings. The van der Waals surface area contributed by atoms with Gasteiger partial charge in [-0.15, -0.1) is 5.10 Å². The van der Waals surface area contributed by atoms with Crippen molar-refractivity contribution < 1.29 is 4.79 Å². The van der Waals surface area contributed by atoms with Gasteiger partial charge in [0.05, 0.1) is 5.39 Å². The lowest BCUT2D eigenvalue weighted by Gasteiger charge is -2.14. The lowest BCUT2D eigenvalue weighted by Crippen LogP contribution is -2.38. The van der Waals surface area contributed by atoms with Gasteiger partial charge in [-0.1, -0.05) is 33.3 Å². The van der Waals surface area contributed by atoms with Gasteiger partial charge in [0.15, 0.2) is 0 Å². The quantitative estimate of drug-likeness (QED) is 0.518. The van der Waals surface area contributed by atoms with Crippen LogP contribution in [-0.2, 0) is 11.3 Å². The van der Waals surface area contributed by atoms with Crippen LogP contribution in [0.5, 0.6) is 0 Å². The van der Waals surface area contributed by atoms with Crippen LogP contribution in [0.1, 0.15) is 13.0 Å². The zero-order valence-corrected chi connectivity index (χ0v) is 16.8. The fourth-order valence-electron chi connectivity index (χ4n) is 3.18. The van der Waals surface area contributed by atoms with Crippen LogP contribution >= 0.6 is 15.9 Å². The summed E-state index contributed by atoms with van der Waals surface area (Å²) >= 11 is 3.47. The van der Waals surface area contributed by atoms with Gasteiger partial charge in [-0.2, -0.15) is 4.68 Å². The standard InChI is InChI=1S/C20H18BrN5O2/c1-13(26-20(28)16-4-2-3-5-17(16)23-24-26)19(27)22-9-11-25-10-8-14-12-15(21)6-7-18(14)25/h2-8,10,12-13H,9,11H2,1H3,(H,22,27)/t13-/m0/s1. The molecule has 2 aromatic carbocycles. The smallest absolute Gasteiger partial charge is 0.278 e. The molecule has 7 nitrogen and oxygen atoms in total. The fraction of sp³-hybridized carbons (Fsp3) is 0.200. The van der Waals surface area contributed by atoms with Gasteiger partial charge in [0, 0.05) is 34.7 Å². The topological polar surface area (TPSA) is 81.8 Å². The van der Waals surface area contributed by atoms with Crippen molar-refractivity contribution in [3.63, 3.8) is 0 Å². The predicted octanol–water partition coefficient (Wildman–Crippen LogP) is 2.89. The molecule has 0 spiro atoms. The molecule has 142 valence electrons. The molecule has 0 radical (unpaired) electrons. The minimum absolute atomic E-state index is 0.272. The highest BCUT2D eigenvalue weighted by Gasteiger charge is 2.18. The van der Waals surface area contributed by atoms with Crippen LogP contribution in [0.2, 0.25) is 0 Å². The SMILES string of the molecule is C[C@@H](C(=O)NCCn1ccc2cc(Br)ccc21)n1nnc2ccccc2c1=O. The summed E-state index contributed by atoms with van der Waals surface area (Å²) in [5.74, 6) is -0.272. The Morgan fingerprint density at radius 1 is 1.21 bits per heavy atom. The Kier molecular flexibility index (Phi) is 4.95. The van der Waals surface area contributed by atoms with E-state index in [4.69, 9.17) is 0 Å². The monoisotopic (exact) mass is 439 g/mol. The summed E-state index contributed by atoms with van der Waals surface area (Å²) in [7, 11) is 0. The zero-order valence-electron chi connectivity index (χ0n) is 15.2. The summed E-state index contributed by atoms with van der Waals surface area (Å²) in [6, 6.07) is 14.3. The molecule has 1 N–H and O–H groups in total. The van der Waals surface area contributed by atoms with Crippen molar-refractivity contribution in [3.8, 4) is 0 Å². The van der Waals surface area contributed by atoms with Crippen molar-refractivity contribution >= 4 is 43.6 Å². The lowest BCUT2D eigenvalue weighted by atomic mass is 10.2. The summed E-state index contributed by atoms with van der Waals surface area (Å²) in [6.45, 7) is 2.71. The van der Waals surface area contributed by atoms with E-state index in [0.29, 0.717) is 24.0 Å². The summed E-state index contributed by atoms with van der Waals surface area (Å²) < 4.78 is 4.23. The Balaban J connectivity index is 1.45. The van der Waals surface area contributed by atoms with E-state index in [1.54, 1.807) is 31.2 Å². The Morgan fingerprint density at radius 3 is 2.89 bits per heavy atom. The molecule has 0 unspecified atom stereocenters. The number of hydrogen-bond donors (Lipinski definition) is 1. The molecule has 28 heavy (non-hydrogen) atoms. The number of halogens is 1. The third kappa shape index (κ3) is 3.43. The molecule has 0 fully saturated rings. The van der Waals surface area contributed by atoms with Crippen molar-refractivity contribution in [2.75, 3.05) is 6.54 Å². The maximum Gasteiger partial charge on any atom is 0.278 e. The van der Waals surface area contributed by atoms with Gasteiger partial charge in [-0.25, -0.2) is 0 Å². The maximum atomic E-state index is 12.6. The first-order valence-electron chi connectivity index (χ1n) is 8.91. The van der Waals surface area contributed by atoms with E-state index in [2.05, 4.69) is 42.2 Å². The van der Waals surface area contributed by atoms with E-state index in [0.717, 1.165) is 20.1 Å². The number of nitrogens with one attached hydrogen (secondary N) is 1. The van der Waals surface area contributed by atoms with Gasteiger partial charge in [0.25, 0.3) is 5.56 Å². The molecule has 0 bridgehead atoms. The van der Waals surface area contributed by atoms with Crippen LogP contribution in [-0.4, -0.2) is 32.0 Å². The number of aromatic nitrogens is 4. The second-order valence-corrected chi connectivity index (χ2v) is 7.45. The van der Waals surface area contributed by atoms with Crippen molar-refractivity contribution in [2.24, 2.45) is 0 Å². The average molecular weight is 440 g/mol. The second-order valence-electron chi connectivity index (χ2n) is 6.54. The molecule has 0 aliphatic heterocycles. The van der Waals surface area contributed by atoms with Crippen molar-refractivity contribution in [2.45, 2.75) is 19.5 Å². The van der Waals surface area contributed by atoms with E-state index in [-0.39, 0.29) is 11.5 Å². The highest BCUT2D eigenvalue weighted by atomic mass is 79.9. The largest absolute Gasteiger partial charge is 0.352 e. The molecule has 4 rings (SSSR count). The third-order valence-corrected chi connectivity index (χ3v) is 5.22. The summed E-state index contributed by atoms with van der Waals surface area (Å²) in [6.07, 6.45) is 1.99. The predicted molar refractivity (Wildman–Crippen MR) is 111 cm³/mol. The molecule has 1 amide bonds. The van der Waals surface area contributed by atoms with Crippen LogP contribution in [0, 0.1) is 0 Å². The number of hydrogen-bond acceptors (Lipinski definition) is 4. The Bertz CT molecular complexity index is 1230. The maximum absolute atomic E-state index is 12.6. The van der Waals surface area contributed by atoms with Gasteiger partial charge in [0.2, 0.25) is 5.91 Å². The zero-order chi connectivity index (χ0) is 19.7. The number of carbonyl (C=O) groups excluding carboxylic acids is 1. The highest BCUT2D eigenvalue weighted by molar-refractivity contribution is 9.10. The first kappa shape index (κ1) is 18.4. The minimum atomic E-state index is -0.748. The van der Waals surface area contributed by atoms with Crippen LogP contribution in [0.25, 0.3) is 21.8 Å². The van der Waals surface area contributed by atoms with Gasteiger partial charge in [-0.05, 0) is 43.3 Å². The third-order valence-electron chi connectivity index (χ3n) is 4.72. The van der Waals surface area contributed by atoms with Gasteiger partial charge < -0.3 is 9.88 Å². The Morgan fingerprint density at radius 2 is 2.04 bits per heavy atom. The van der Waals surface area contributed by atoms with E-state index in [1.807, 2.05) is 24.4 Å². The molecule has 1 atom stereocenters. The highest BCUT2D eigenvalue weighted by Crippen LogP contribution is 2.20. The summed E-state index contributed by atoms with van der Waals surface area (Å²) in [4.78, 5) is 25.1. The molecule has 8 heteroatoms. The Labute approximate surface area is 169 Å². The van der Waals surface area contributed by atoms with Crippen LogP contribution < -0.4 is 10.9 Å². The Hall–Kier alpha value is -3.00. The van der Waals surface area contributed by atoms with Crippen LogP contribution in [0.3, 0.4) is 0 Å². The van der Waals surface area contributed by atoms with Gasteiger partial charge in [0.1, 0.15) is 11.6 Å². The molecule has 2 heterocycles. The van der Waals surface area contributed by atoms with E-state index >= 15 is 0 Å². The van der Waals surface area contributed by atoms with Crippen molar-refractivity contribution in [3.05, 3.63) is 69.6 Å². The average Bonchev–Trinajstić information content (AvgIpc) is 3.10. The van der Waals surface area contributed by atoms with Crippen LogP contribution in [0.4, 0.5) is 0 Å². The molecule has 2 aromatic heterocycles. The van der Waals surface area contributed by atoms with Crippen molar-refractivity contribution in [1.82, 2.24) is 24.9 Å². The molecule has 4 aromatic rings. The second kappa shape index (κ2) is 7.55. The fourth-order valence-corrected chi connectivity index (χ4v) is 3.56. The summed E-state index contributed by atoms with van der Waals surface area (Å²) in [5.41, 5.74) is 1.29. The molecular formula is C20H18BrN5O2. The number of rotatable bonds is 5. The number of benzene rings is 2. The normalized spacial score (nSPS) is 12.4. The number of carbonyl (C=O) groups is 1. The van der Waals surface area contributed by atoms with Crippen molar-refractivity contribution in [1.29, 1.82) is 0 Å². The molecule has 0 aliphatic carbocycles. The minimum Gasteiger partial charge on any atom is -0.352 e. The van der Waals surface area contributed by atoms with Gasteiger partial charge >= 0.3 is 0 Å². The first-order valence-corrected chi connectivity index (χ1v) is 9.70. The molecular weight excluding hydrogens is 422 g/mol. The number of amides is 1. The number of fused-ring (bicyclic) bond motifs is 2. The number of nitrogens with zero attached hydrogens (tertiary/aromatic N) is 4. The van der Waals surface area contributed by atoms with E-state index in [1.165, 1.54) is 0 Å². The van der Waals surface area contributed by atoms with E-state index in [9.17, 15) is 9.59 Å². The van der Waals surface area contributed by atoms with E-state index < -0.39 is 6.04 Å². The lowest BCUT2D eigenvalue weighted by molar-refractivity contribution is -0.124. The summed E-state index contributed by atoms with van der Waals surface area (Å²) in [5, 5.41) is 12.4. The molecule has 0 saturated carbocycles. The molecule has 0 saturated heterocycles. The van der Waals surface area contributed by atoms with Crippen LogP contribution in [0.15, 0.2) is 64.0 Å². The first-order chi connectivity index (χ1) is 13.5.